The molecule has 0 fully saturated rings. The first-order chi connectivity index (χ1) is 22.0. The molecule has 0 aliphatic heterocycles. The molecule has 242 valence electrons. The number of nitrogens with one attached hydrogen (secondary N) is 1. The first-order valence-corrected chi connectivity index (χ1v) is 17.1. The number of carbonyl (C=O) groups excluding carboxylic acids is 2. The molecule has 4 rings (SSSR count). The Morgan fingerprint density at radius 2 is 1.48 bits per heavy atom. The summed E-state index contributed by atoms with van der Waals surface area (Å²) in [7, 11) is -4.27. The molecule has 4 aromatic carbocycles. The molecular weight excluding hydrogens is 645 g/mol. The summed E-state index contributed by atoms with van der Waals surface area (Å²) in [5, 5.41) is 3.73. The molecule has 1 N–H and O–H groups in total. The van der Waals surface area contributed by atoms with Crippen LogP contribution in [0.3, 0.4) is 0 Å². The van der Waals surface area contributed by atoms with Gasteiger partial charge in [-0.05, 0) is 86.5 Å². The van der Waals surface area contributed by atoms with Crippen molar-refractivity contribution in [2.45, 2.75) is 50.7 Å². The molecule has 8 nitrogen and oxygen atoms in total. The van der Waals surface area contributed by atoms with Crippen molar-refractivity contribution in [3.8, 4) is 5.75 Å². The first-order valence-electron chi connectivity index (χ1n) is 14.9. The summed E-state index contributed by atoms with van der Waals surface area (Å²) in [5.41, 5.74) is 1.69. The van der Waals surface area contributed by atoms with Gasteiger partial charge in [-0.1, -0.05) is 71.7 Å². The Bertz CT molecular complexity index is 1720. The molecule has 0 saturated heterocycles. The van der Waals surface area contributed by atoms with E-state index in [9.17, 15) is 18.0 Å². The topological polar surface area (TPSA) is 96.0 Å². The van der Waals surface area contributed by atoms with Crippen molar-refractivity contribution in [2.75, 3.05) is 17.5 Å². The highest BCUT2D eigenvalue weighted by Crippen LogP contribution is 2.28. The number of nitrogens with zero attached hydrogens (tertiary/aromatic N) is 2. The van der Waals surface area contributed by atoms with Gasteiger partial charge in [0.05, 0.1) is 17.2 Å². The van der Waals surface area contributed by atoms with E-state index < -0.39 is 28.5 Å². The van der Waals surface area contributed by atoms with E-state index in [0.29, 0.717) is 28.0 Å². The summed E-state index contributed by atoms with van der Waals surface area (Å²) < 4.78 is 34.9. The fourth-order valence-electron chi connectivity index (χ4n) is 4.88. The van der Waals surface area contributed by atoms with Gasteiger partial charge in [0.1, 0.15) is 18.3 Å². The summed E-state index contributed by atoms with van der Waals surface area (Å²) in [6.45, 7) is 5.33. The molecule has 0 unspecified atom stereocenters. The van der Waals surface area contributed by atoms with Crippen molar-refractivity contribution < 1.29 is 22.7 Å². The Hall–Kier alpha value is -4.05. The molecule has 0 spiro atoms. The van der Waals surface area contributed by atoms with Crippen LogP contribution < -0.4 is 14.4 Å². The minimum Gasteiger partial charge on any atom is -0.494 e. The average Bonchev–Trinajstić information content (AvgIpc) is 3.03. The second-order valence-corrected chi connectivity index (χ2v) is 13.6. The molecule has 46 heavy (non-hydrogen) atoms. The van der Waals surface area contributed by atoms with Crippen LogP contribution in [0.4, 0.5) is 5.69 Å². The molecule has 1 atom stereocenters. The van der Waals surface area contributed by atoms with Crippen LogP contribution in [0.15, 0.2) is 108 Å². The minimum absolute atomic E-state index is 0.0281. The Balaban J connectivity index is 1.81. The van der Waals surface area contributed by atoms with E-state index in [4.69, 9.17) is 27.9 Å². The summed E-state index contributed by atoms with van der Waals surface area (Å²) in [4.78, 5) is 29.7. The molecule has 0 radical (unpaired) electrons. The standard InChI is InChI=1S/C35H37Cl2N3O5S/c1-4-45-30-18-16-29(17-19-30)40(46(43,44)31-20-14-28(36)15-21-31)24-34(41)39(23-27-12-8-9-13-32(27)37)33(35(42)38-25(2)3)22-26-10-6-5-7-11-26/h5-21,25,33H,4,22-24H2,1-3H3,(H,38,42)/t33-/m1/s1. The maximum Gasteiger partial charge on any atom is 0.264 e. The van der Waals surface area contributed by atoms with E-state index in [1.807, 2.05) is 51.1 Å². The number of benzene rings is 4. The Morgan fingerprint density at radius 1 is 0.848 bits per heavy atom. The van der Waals surface area contributed by atoms with Crippen LogP contribution >= 0.6 is 23.2 Å². The molecule has 0 aromatic heterocycles. The van der Waals surface area contributed by atoms with Crippen molar-refractivity contribution >= 4 is 50.7 Å². The van der Waals surface area contributed by atoms with Crippen LogP contribution in [0.2, 0.25) is 10.0 Å². The van der Waals surface area contributed by atoms with Crippen molar-refractivity contribution in [3.05, 3.63) is 124 Å². The smallest absolute Gasteiger partial charge is 0.264 e. The van der Waals surface area contributed by atoms with Crippen LogP contribution in [0, 0.1) is 0 Å². The number of ether oxygens (including phenoxy) is 1. The highest BCUT2D eigenvalue weighted by Gasteiger charge is 2.35. The number of carbonyl (C=O) groups is 2. The Morgan fingerprint density at radius 3 is 2.09 bits per heavy atom. The zero-order chi connectivity index (χ0) is 33.3. The Labute approximate surface area is 280 Å². The number of sulfonamides is 1. The van der Waals surface area contributed by atoms with Gasteiger partial charge in [-0.2, -0.15) is 0 Å². The van der Waals surface area contributed by atoms with E-state index in [0.717, 1.165) is 9.87 Å². The van der Waals surface area contributed by atoms with Crippen LogP contribution in [0.5, 0.6) is 5.75 Å². The zero-order valence-corrected chi connectivity index (χ0v) is 28.2. The zero-order valence-electron chi connectivity index (χ0n) is 25.9. The van der Waals surface area contributed by atoms with Crippen molar-refractivity contribution in [1.29, 1.82) is 0 Å². The van der Waals surface area contributed by atoms with Crippen molar-refractivity contribution in [1.82, 2.24) is 10.2 Å². The lowest BCUT2D eigenvalue weighted by molar-refractivity contribution is -0.140. The average molecular weight is 683 g/mol. The fraction of sp³-hybridized carbons (Fsp3) is 0.257. The Kier molecular flexibility index (Phi) is 12.1. The summed E-state index contributed by atoms with van der Waals surface area (Å²) in [6, 6.07) is 27.4. The number of hydrogen-bond donors (Lipinski definition) is 1. The first kappa shape index (κ1) is 34.8. The SMILES string of the molecule is CCOc1ccc(N(CC(=O)N(Cc2ccccc2Cl)[C@H](Cc2ccccc2)C(=O)NC(C)C)S(=O)(=O)c2ccc(Cl)cc2)cc1. The monoisotopic (exact) mass is 681 g/mol. The molecule has 0 saturated carbocycles. The van der Waals surface area contributed by atoms with Gasteiger partial charge in [-0.15, -0.1) is 0 Å². The predicted octanol–water partition coefficient (Wildman–Crippen LogP) is 6.75. The van der Waals surface area contributed by atoms with Gasteiger partial charge in [-0.3, -0.25) is 13.9 Å². The van der Waals surface area contributed by atoms with Crippen LogP contribution in [-0.2, 0) is 32.6 Å². The van der Waals surface area contributed by atoms with E-state index >= 15 is 0 Å². The van der Waals surface area contributed by atoms with Crippen LogP contribution in [0.25, 0.3) is 0 Å². The number of rotatable bonds is 14. The second-order valence-electron chi connectivity index (χ2n) is 10.9. The molecular formula is C35H37Cl2N3O5S. The third-order valence-corrected chi connectivity index (χ3v) is 9.53. The number of amides is 2. The largest absolute Gasteiger partial charge is 0.494 e. The van der Waals surface area contributed by atoms with Crippen molar-refractivity contribution in [3.63, 3.8) is 0 Å². The minimum atomic E-state index is -4.27. The lowest BCUT2D eigenvalue weighted by Gasteiger charge is -2.34. The van der Waals surface area contributed by atoms with E-state index in [1.165, 1.54) is 29.2 Å². The molecule has 2 amide bonds. The predicted molar refractivity (Wildman–Crippen MR) is 183 cm³/mol. The number of anilines is 1. The van der Waals surface area contributed by atoms with E-state index in [1.54, 1.807) is 48.5 Å². The second kappa shape index (κ2) is 16.0. The maximum absolute atomic E-state index is 14.5. The number of halogens is 2. The van der Waals surface area contributed by atoms with Gasteiger partial charge in [-0.25, -0.2) is 8.42 Å². The van der Waals surface area contributed by atoms with Gasteiger partial charge >= 0.3 is 0 Å². The summed E-state index contributed by atoms with van der Waals surface area (Å²) in [6.07, 6.45) is 0.197. The molecule has 0 aliphatic rings. The van der Waals surface area contributed by atoms with E-state index in [-0.39, 0.29) is 35.5 Å². The molecule has 0 aliphatic carbocycles. The van der Waals surface area contributed by atoms with Crippen LogP contribution in [-0.4, -0.2) is 50.4 Å². The van der Waals surface area contributed by atoms with Gasteiger partial charge in [0.2, 0.25) is 11.8 Å². The van der Waals surface area contributed by atoms with E-state index in [2.05, 4.69) is 5.32 Å². The highest BCUT2D eigenvalue weighted by atomic mass is 35.5. The third-order valence-electron chi connectivity index (χ3n) is 7.12. The van der Waals surface area contributed by atoms with Gasteiger partial charge in [0.15, 0.2) is 0 Å². The number of hydrogen-bond acceptors (Lipinski definition) is 5. The molecule has 11 heteroatoms. The highest BCUT2D eigenvalue weighted by molar-refractivity contribution is 7.92. The summed E-state index contributed by atoms with van der Waals surface area (Å²) in [5.74, 6) is -0.409. The van der Waals surface area contributed by atoms with Gasteiger partial charge in [0, 0.05) is 29.1 Å². The fourth-order valence-corrected chi connectivity index (χ4v) is 6.62. The molecule has 0 bridgehead atoms. The molecule has 0 heterocycles. The van der Waals surface area contributed by atoms with Crippen molar-refractivity contribution in [2.24, 2.45) is 0 Å². The lowest BCUT2D eigenvalue weighted by Crippen LogP contribution is -2.54. The third kappa shape index (κ3) is 9.02. The van der Waals surface area contributed by atoms with Gasteiger partial charge < -0.3 is 15.0 Å². The quantitative estimate of drug-likeness (QED) is 0.159. The maximum atomic E-state index is 14.5. The lowest BCUT2D eigenvalue weighted by atomic mass is 10.0. The summed E-state index contributed by atoms with van der Waals surface area (Å²) >= 11 is 12.6. The normalized spacial score (nSPS) is 12.0. The van der Waals surface area contributed by atoms with Gasteiger partial charge in [0.25, 0.3) is 10.0 Å². The van der Waals surface area contributed by atoms with Crippen LogP contribution in [0.1, 0.15) is 31.9 Å². The molecule has 4 aromatic rings.